The maximum Gasteiger partial charge on any atom is 0.278 e. The summed E-state index contributed by atoms with van der Waals surface area (Å²) in [6, 6.07) is 7.59. The van der Waals surface area contributed by atoms with E-state index >= 15 is 0 Å². The first kappa shape index (κ1) is 18.0. The molecule has 0 N–H and O–H groups in total. The number of likely N-dealkylation sites (tertiary alicyclic amines) is 1. The van der Waals surface area contributed by atoms with Gasteiger partial charge in [-0.25, -0.2) is 9.97 Å². The molecule has 0 saturated carbocycles. The first-order valence-electron chi connectivity index (χ1n) is 8.62. The Morgan fingerprint density at radius 3 is 2.69 bits per heavy atom. The van der Waals surface area contributed by atoms with Gasteiger partial charge >= 0.3 is 0 Å². The Hall–Kier alpha value is -2.83. The van der Waals surface area contributed by atoms with Crippen molar-refractivity contribution in [1.29, 1.82) is 0 Å². The van der Waals surface area contributed by atoms with Gasteiger partial charge in [-0.15, -0.1) is 0 Å². The highest BCUT2D eigenvalue weighted by molar-refractivity contribution is 5.79. The van der Waals surface area contributed by atoms with Crippen LogP contribution in [-0.4, -0.2) is 54.2 Å². The Labute approximate surface area is 152 Å². The fourth-order valence-corrected chi connectivity index (χ4v) is 3.08. The van der Waals surface area contributed by atoms with Gasteiger partial charge in [0.1, 0.15) is 11.9 Å². The fourth-order valence-electron chi connectivity index (χ4n) is 3.08. The Balaban J connectivity index is 1.63. The first-order valence-corrected chi connectivity index (χ1v) is 8.62. The van der Waals surface area contributed by atoms with Crippen LogP contribution in [0.25, 0.3) is 0 Å². The van der Waals surface area contributed by atoms with E-state index in [9.17, 15) is 4.79 Å². The lowest BCUT2D eigenvalue weighted by Gasteiger charge is -2.32. The third kappa shape index (κ3) is 4.22. The molecule has 0 aliphatic carbocycles. The maximum absolute atomic E-state index is 12.7. The molecule has 0 spiro atoms. The van der Waals surface area contributed by atoms with E-state index in [-0.39, 0.29) is 12.0 Å². The molecule has 1 fully saturated rings. The van der Waals surface area contributed by atoms with Crippen LogP contribution in [0.3, 0.4) is 0 Å². The summed E-state index contributed by atoms with van der Waals surface area (Å²) in [4.78, 5) is 22.8. The highest BCUT2D eigenvalue weighted by Gasteiger charge is 2.26. The third-order valence-corrected chi connectivity index (χ3v) is 4.37. The molecule has 1 aliphatic heterocycles. The molecule has 7 heteroatoms. The second-order valence-corrected chi connectivity index (χ2v) is 6.08. The Bertz CT molecular complexity index is 753. The number of hydrogen-bond donors (Lipinski definition) is 0. The lowest BCUT2D eigenvalue weighted by atomic mass is 10.1. The average Bonchev–Trinajstić information content (AvgIpc) is 2.69. The van der Waals surface area contributed by atoms with Gasteiger partial charge in [-0.05, 0) is 18.9 Å². The van der Waals surface area contributed by atoms with E-state index in [1.165, 1.54) is 7.11 Å². The van der Waals surface area contributed by atoms with Crippen molar-refractivity contribution in [3.63, 3.8) is 0 Å². The normalized spacial score (nSPS) is 16.8. The smallest absolute Gasteiger partial charge is 0.278 e. The SMILES string of the molecule is COc1ccccc1CC(=O)N1CCCC(Oc2nccnc2OC)C1. The van der Waals surface area contributed by atoms with Crippen LogP contribution < -0.4 is 14.2 Å². The van der Waals surface area contributed by atoms with Crippen LogP contribution >= 0.6 is 0 Å². The summed E-state index contributed by atoms with van der Waals surface area (Å²) in [6.45, 7) is 1.25. The lowest BCUT2D eigenvalue weighted by molar-refractivity contribution is -0.133. The zero-order valence-electron chi connectivity index (χ0n) is 15.1. The van der Waals surface area contributed by atoms with Crippen LogP contribution in [0.5, 0.6) is 17.5 Å². The summed E-state index contributed by atoms with van der Waals surface area (Å²) in [7, 11) is 3.14. The predicted molar refractivity (Wildman–Crippen MR) is 95.5 cm³/mol. The number of carbonyl (C=O) groups excluding carboxylic acids is 1. The number of ether oxygens (including phenoxy) is 3. The summed E-state index contributed by atoms with van der Waals surface area (Å²) >= 11 is 0. The molecule has 26 heavy (non-hydrogen) atoms. The standard InChI is InChI=1S/C19H23N3O4/c1-24-16-8-4-3-6-14(16)12-17(23)22-11-5-7-15(13-22)26-19-18(25-2)20-9-10-21-19/h3-4,6,8-10,15H,5,7,11-13H2,1-2H3. The van der Waals surface area contributed by atoms with E-state index in [1.807, 2.05) is 29.2 Å². The molecule has 2 aromatic rings. The number of aromatic nitrogens is 2. The maximum atomic E-state index is 12.7. The Morgan fingerprint density at radius 2 is 1.92 bits per heavy atom. The molecular weight excluding hydrogens is 334 g/mol. The highest BCUT2D eigenvalue weighted by atomic mass is 16.5. The van der Waals surface area contributed by atoms with Crippen LogP contribution in [0.1, 0.15) is 18.4 Å². The van der Waals surface area contributed by atoms with Gasteiger partial charge in [-0.3, -0.25) is 4.79 Å². The van der Waals surface area contributed by atoms with E-state index < -0.39 is 0 Å². The molecule has 0 bridgehead atoms. The Morgan fingerprint density at radius 1 is 1.15 bits per heavy atom. The summed E-state index contributed by atoms with van der Waals surface area (Å²) in [5.41, 5.74) is 0.888. The van der Waals surface area contributed by atoms with Gasteiger partial charge in [0.25, 0.3) is 11.8 Å². The largest absolute Gasteiger partial charge is 0.496 e. The summed E-state index contributed by atoms with van der Waals surface area (Å²) in [5, 5.41) is 0. The van der Waals surface area contributed by atoms with Crippen LogP contribution in [0, 0.1) is 0 Å². The molecule has 1 amide bonds. The van der Waals surface area contributed by atoms with Gasteiger partial charge in [0.15, 0.2) is 0 Å². The van der Waals surface area contributed by atoms with Crippen molar-refractivity contribution in [3.05, 3.63) is 42.2 Å². The molecule has 3 rings (SSSR count). The van der Waals surface area contributed by atoms with Gasteiger partial charge in [0.05, 0.1) is 27.2 Å². The molecule has 1 unspecified atom stereocenters. The minimum absolute atomic E-state index is 0.0638. The number of hydrogen-bond acceptors (Lipinski definition) is 6. The van der Waals surface area contributed by atoms with Crippen molar-refractivity contribution in [1.82, 2.24) is 14.9 Å². The zero-order chi connectivity index (χ0) is 18.4. The summed E-state index contributed by atoms with van der Waals surface area (Å²) in [5.74, 6) is 1.51. The van der Waals surface area contributed by atoms with Crippen molar-refractivity contribution < 1.29 is 19.0 Å². The molecule has 1 aromatic heterocycles. The van der Waals surface area contributed by atoms with Crippen molar-refractivity contribution in [3.8, 4) is 17.5 Å². The van der Waals surface area contributed by atoms with Gasteiger partial charge in [-0.2, -0.15) is 0 Å². The van der Waals surface area contributed by atoms with E-state index in [2.05, 4.69) is 9.97 Å². The van der Waals surface area contributed by atoms with Gasteiger partial charge in [-0.1, -0.05) is 18.2 Å². The lowest BCUT2D eigenvalue weighted by Crippen LogP contribution is -2.45. The number of nitrogens with zero attached hydrogens (tertiary/aromatic N) is 3. The van der Waals surface area contributed by atoms with E-state index in [1.54, 1.807) is 19.5 Å². The van der Waals surface area contributed by atoms with Gasteiger partial charge < -0.3 is 19.1 Å². The molecule has 1 saturated heterocycles. The van der Waals surface area contributed by atoms with E-state index in [0.29, 0.717) is 24.7 Å². The Kier molecular flexibility index (Phi) is 5.88. The van der Waals surface area contributed by atoms with Crippen LogP contribution in [0.4, 0.5) is 0 Å². The number of para-hydroxylation sites is 1. The number of rotatable bonds is 6. The van der Waals surface area contributed by atoms with Crippen LogP contribution in [0.2, 0.25) is 0 Å². The van der Waals surface area contributed by atoms with E-state index in [0.717, 1.165) is 30.7 Å². The molecule has 1 aromatic carbocycles. The topological polar surface area (TPSA) is 73.8 Å². The highest BCUT2D eigenvalue weighted by Crippen LogP contribution is 2.25. The minimum Gasteiger partial charge on any atom is -0.496 e. The van der Waals surface area contributed by atoms with E-state index in [4.69, 9.17) is 14.2 Å². The predicted octanol–water partition coefficient (Wildman–Crippen LogP) is 2.11. The monoisotopic (exact) mass is 357 g/mol. The summed E-state index contributed by atoms with van der Waals surface area (Å²) < 4.78 is 16.4. The fraction of sp³-hybridized carbons (Fsp3) is 0.421. The molecule has 7 nitrogen and oxygen atoms in total. The molecule has 1 aliphatic rings. The van der Waals surface area contributed by atoms with Crippen LogP contribution in [0.15, 0.2) is 36.7 Å². The number of piperidine rings is 1. The summed E-state index contributed by atoms with van der Waals surface area (Å²) in [6.07, 6.45) is 5.03. The van der Waals surface area contributed by atoms with Crippen molar-refractivity contribution in [2.75, 3.05) is 27.3 Å². The molecule has 1 atom stereocenters. The molecule has 2 heterocycles. The number of carbonyl (C=O) groups is 1. The van der Waals surface area contributed by atoms with Crippen LogP contribution in [-0.2, 0) is 11.2 Å². The van der Waals surface area contributed by atoms with Gasteiger partial charge in [0.2, 0.25) is 5.91 Å². The number of amides is 1. The van der Waals surface area contributed by atoms with Crippen molar-refractivity contribution in [2.45, 2.75) is 25.4 Å². The van der Waals surface area contributed by atoms with Crippen molar-refractivity contribution in [2.24, 2.45) is 0 Å². The molecular formula is C19H23N3O4. The number of benzene rings is 1. The second kappa shape index (κ2) is 8.51. The van der Waals surface area contributed by atoms with Crippen molar-refractivity contribution >= 4 is 5.91 Å². The third-order valence-electron chi connectivity index (χ3n) is 4.37. The average molecular weight is 357 g/mol. The number of methoxy groups -OCH3 is 2. The molecule has 0 radical (unpaired) electrons. The molecule has 138 valence electrons. The minimum atomic E-state index is -0.129. The first-order chi connectivity index (χ1) is 12.7. The quantitative estimate of drug-likeness (QED) is 0.788. The zero-order valence-corrected chi connectivity index (χ0v) is 15.1. The van der Waals surface area contributed by atoms with Gasteiger partial charge in [0, 0.05) is 24.5 Å². The second-order valence-electron chi connectivity index (χ2n) is 6.08.